The lowest BCUT2D eigenvalue weighted by molar-refractivity contribution is 0.120. The highest BCUT2D eigenvalue weighted by Crippen LogP contribution is 2.29. The van der Waals surface area contributed by atoms with Gasteiger partial charge in [-0.25, -0.2) is 0 Å². The van der Waals surface area contributed by atoms with Crippen molar-refractivity contribution in [2.75, 3.05) is 42.7 Å². The Morgan fingerprint density at radius 2 is 1.12 bits per heavy atom. The molecule has 0 aromatic carbocycles. The van der Waals surface area contributed by atoms with Crippen molar-refractivity contribution in [3.8, 4) is 0 Å². The molecule has 0 aromatic heterocycles. The van der Waals surface area contributed by atoms with Crippen LogP contribution in [0.1, 0.15) is 52.4 Å². The third kappa shape index (κ3) is 8.92. The van der Waals surface area contributed by atoms with Crippen molar-refractivity contribution in [1.82, 2.24) is 0 Å². The largest absolute Gasteiger partial charge is 0.500 e. The molecule has 0 bridgehead atoms. The Morgan fingerprint density at radius 1 is 0.654 bits per heavy atom. The average molecular weight is 411 g/mol. The van der Waals surface area contributed by atoms with Crippen molar-refractivity contribution >= 4 is 17.6 Å². The predicted molar refractivity (Wildman–Crippen MR) is 109 cm³/mol. The van der Waals surface area contributed by atoms with E-state index in [-0.39, 0.29) is 0 Å². The standard InChI is InChI=1S/C18H42O6Si2/c1-9-17(2)16-18(13-15-26(22-6,23-7)24-8)12-10-11-14-25(19-3,20-4)21-5/h17-18H,9-16H2,1-8H3. The summed E-state index contributed by atoms with van der Waals surface area (Å²) in [5.74, 6) is 1.38. The quantitative estimate of drug-likeness (QED) is 0.262. The molecule has 0 aromatic rings. The van der Waals surface area contributed by atoms with Crippen LogP contribution < -0.4 is 0 Å². The monoisotopic (exact) mass is 410 g/mol. The summed E-state index contributed by atoms with van der Waals surface area (Å²) in [4.78, 5) is 0. The summed E-state index contributed by atoms with van der Waals surface area (Å²) in [6.45, 7) is 4.59. The zero-order chi connectivity index (χ0) is 20.1. The smallest absolute Gasteiger partial charge is 0.377 e. The summed E-state index contributed by atoms with van der Waals surface area (Å²) in [5, 5.41) is 0. The molecule has 0 aliphatic heterocycles. The van der Waals surface area contributed by atoms with Crippen LogP contribution in [0.15, 0.2) is 0 Å². The second-order valence-corrected chi connectivity index (χ2v) is 13.2. The van der Waals surface area contributed by atoms with E-state index >= 15 is 0 Å². The molecule has 0 saturated heterocycles. The average Bonchev–Trinajstić information content (AvgIpc) is 2.69. The van der Waals surface area contributed by atoms with Crippen LogP contribution in [0, 0.1) is 11.8 Å². The Balaban J connectivity index is 4.60. The molecule has 2 atom stereocenters. The van der Waals surface area contributed by atoms with Gasteiger partial charge in [0.25, 0.3) is 0 Å². The first-order chi connectivity index (χ1) is 12.4. The summed E-state index contributed by atoms with van der Waals surface area (Å²) in [6, 6.07) is 1.73. The van der Waals surface area contributed by atoms with Gasteiger partial charge in [-0.2, -0.15) is 0 Å². The first-order valence-corrected chi connectivity index (χ1v) is 13.6. The topological polar surface area (TPSA) is 55.4 Å². The SMILES string of the molecule is CCC(C)CC(CCCC[Si](OC)(OC)OC)CC[Si](OC)(OC)OC. The molecule has 158 valence electrons. The molecule has 8 heteroatoms. The third-order valence-corrected chi connectivity index (χ3v) is 11.1. The van der Waals surface area contributed by atoms with Gasteiger partial charge in [-0.3, -0.25) is 0 Å². The predicted octanol–water partition coefficient (Wildman–Crippen LogP) is 4.36. The minimum atomic E-state index is -2.49. The molecule has 0 amide bonds. The van der Waals surface area contributed by atoms with Crippen molar-refractivity contribution in [3.05, 3.63) is 0 Å². The lowest BCUT2D eigenvalue weighted by Gasteiger charge is -2.28. The van der Waals surface area contributed by atoms with Gasteiger partial charge in [-0.15, -0.1) is 0 Å². The maximum absolute atomic E-state index is 5.58. The van der Waals surface area contributed by atoms with Gasteiger partial charge in [0, 0.05) is 54.7 Å². The summed E-state index contributed by atoms with van der Waals surface area (Å²) >= 11 is 0. The normalized spacial score (nSPS) is 15.2. The van der Waals surface area contributed by atoms with E-state index in [2.05, 4.69) is 13.8 Å². The number of hydrogen-bond acceptors (Lipinski definition) is 6. The molecule has 0 spiro atoms. The first kappa shape index (κ1) is 26.2. The van der Waals surface area contributed by atoms with Crippen molar-refractivity contribution in [2.24, 2.45) is 11.8 Å². The number of hydrogen-bond donors (Lipinski definition) is 0. The second-order valence-electron chi connectivity index (χ2n) is 6.99. The van der Waals surface area contributed by atoms with Crippen molar-refractivity contribution < 1.29 is 26.6 Å². The Labute approximate surface area is 163 Å². The molecule has 0 aliphatic carbocycles. The molecule has 26 heavy (non-hydrogen) atoms. The van der Waals surface area contributed by atoms with Crippen LogP contribution in [0.2, 0.25) is 12.1 Å². The fourth-order valence-electron chi connectivity index (χ4n) is 3.38. The number of unbranched alkanes of at least 4 members (excludes halogenated alkanes) is 1. The van der Waals surface area contributed by atoms with Gasteiger partial charge in [0.15, 0.2) is 0 Å². The summed E-state index contributed by atoms with van der Waals surface area (Å²) < 4.78 is 33.3. The minimum Gasteiger partial charge on any atom is -0.377 e. The molecule has 0 fully saturated rings. The van der Waals surface area contributed by atoms with Crippen molar-refractivity contribution in [3.63, 3.8) is 0 Å². The maximum atomic E-state index is 5.58. The molecule has 0 aliphatic rings. The van der Waals surface area contributed by atoms with Crippen LogP contribution in [-0.4, -0.2) is 60.3 Å². The third-order valence-electron chi connectivity index (χ3n) is 5.50. The minimum absolute atomic E-state index is 0.654. The summed E-state index contributed by atoms with van der Waals surface area (Å²) in [5.41, 5.74) is 0. The molecule has 0 radical (unpaired) electrons. The van der Waals surface area contributed by atoms with Gasteiger partial charge in [0.05, 0.1) is 0 Å². The van der Waals surface area contributed by atoms with E-state index in [4.69, 9.17) is 26.6 Å². The fourth-order valence-corrected chi connectivity index (χ4v) is 7.05. The van der Waals surface area contributed by atoms with Crippen LogP contribution in [0.5, 0.6) is 0 Å². The van der Waals surface area contributed by atoms with Gasteiger partial charge in [0.1, 0.15) is 0 Å². The van der Waals surface area contributed by atoms with Crippen LogP contribution in [0.25, 0.3) is 0 Å². The second kappa shape index (κ2) is 14.2. The molecule has 2 unspecified atom stereocenters. The van der Waals surface area contributed by atoms with Crippen LogP contribution in [0.4, 0.5) is 0 Å². The zero-order valence-electron chi connectivity index (χ0n) is 18.3. The zero-order valence-corrected chi connectivity index (χ0v) is 20.3. The van der Waals surface area contributed by atoms with E-state index in [1.165, 1.54) is 19.3 Å². The Bertz CT molecular complexity index is 321. The highest BCUT2D eigenvalue weighted by Gasteiger charge is 2.38. The maximum Gasteiger partial charge on any atom is 0.500 e. The molecule has 0 saturated carbocycles. The molecular weight excluding hydrogens is 368 g/mol. The van der Waals surface area contributed by atoms with Gasteiger partial charge in [-0.1, -0.05) is 33.1 Å². The van der Waals surface area contributed by atoms with E-state index in [1.807, 2.05) is 0 Å². The molecule has 0 heterocycles. The van der Waals surface area contributed by atoms with E-state index in [1.54, 1.807) is 42.7 Å². The molecule has 0 N–H and O–H groups in total. The Morgan fingerprint density at radius 3 is 1.54 bits per heavy atom. The van der Waals surface area contributed by atoms with Gasteiger partial charge < -0.3 is 26.6 Å². The van der Waals surface area contributed by atoms with E-state index < -0.39 is 17.6 Å². The molecule has 0 rings (SSSR count). The van der Waals surface area contributed by atoms with Crippen molar-refractivity contribution in [2.45, 2.75) is 64.5 Å². The first-order valence-electron chi connectivity index (χ1n) is 9.71. The fraction of sp³-hybridized carbons (Fsp3) is 1.00. The van der Waals surface area contributed by atoms with E-state index in [9.17, 15) is 0 Å². The molecular formula is C18H42O6Si2. The van der Waals surface area contributed by atoms with Gasteiger partial charge in [-0.05, 0) is 31.1 Å². The lowest BCUT2D eigenvalue weighted by Crippen LogP contribution is -2.43. The van der Waals surface area contributed by atoms with Gasteiger partial charge in [0.2, 0.25) is 0 Å². The highest BCUT2D eigenvalue weighted by atomic mass is 28.4. The number of rotatable bonds is 17. The Kier molecular flexibility index (Phi) is 14.3. The van der Waals surface area contributed by atoms with Crippen LogP contribution in [-0.2, 0) is 26.6 Å². The highest BCUT2D eigenvalue weighted by molar-refractivity contribution is 6.60. The summed E-state index contributed by atoms with van der Waals surface area (Å²) in [7, 11) is 5.16. The molecule has 6 nitrogen and oxygen atoms in total. The van der Waals surface area contributed by atoms with Crippen molar-refractivity contribution in [1.29, 1.82) is 0 Å². The van der Waals surface area contributed by atoms with Crippen LogP contribution >= 0.6 is 0 Å². The Hall–Kier alpha value is 0.194. The lowest BCUT2D eigenvalue weighted by atomic mass is 9.88. The van der Waals surface area contributed by atoms with Crippen LogP contribution in [0.3, 0.4) is 0 Å². The van der Waals surface area contributed by atoms with E-state index in [0.29, 0.717) is 5.92 Å². The van der Waals surface area contributed by atoms with E-state index in [0.717, 1.165) is 37.3 Å². The van der Waals surface area contributed by atoms with Gasteiger partial charge >= 0.3 is 17.6 Å². The summed E-state index contributed by atoms with van der Waals surface area (Å²) in [6.07, 6.45) is 6.92.